The lowest BCUT2D eigenvalue weighted by atomic mass is 10.0. The zero-order valence-corrected chi connectivity index (χ0v) is 14.7. The summed E-state index contributed by atoms with van der Waals surface area (Å²) in [6, 6.07) is 9.55. The number of nitrogens with one attached hydrogen (secondary N) is 1. The molecule has 2 rings (SSSR count). The molecule has 2 nitrogen and oxygen atoms in total. The summed E-state index contributed by atoms with van der Waals surface area (Å²) in [7, 11) is 0. The number of hydrogen-bond acceptors (Lipinski definition) is 2. The highest BCUT2D eigenvalue weighted by atomic mass is 19.4. The fourth-order valence-electron chi connectivity index (χ4n) is 2.52. The molecule has 0 amide bonds. The van der Waals surface area contributed by atoms with Gasteiger partial charge in [-0.05, 0) is 50.6 Å². The van der Waals surface area contributed by atoms with Gasteiger partial charge in [0.05, 0.1) is 5.69 Å². The second-order valence-electron chi connectivity index (χ2n) is 6.33. The van der Waals surface area contributed by atoms with Crippen molar-refractivity contribution in [3.05, 3.63) is 53.2 Å². The molecular weight excluding hydrogens is 370 g/mol. The van der Waals surface area contributed by atoms with E-state index in [0.717, 1.165) is 11.6 Å². The minimum absolute atomic E-state index is 0.0672. The number of pyridine rings is 1. The number of rotatable bonds is 7. The van der Waals surface area contributed by atoms with Gasteiger partial charge in [0.25, 0.3) is 0 Å². The Balaban J connectivity index is 2.07. The van der Waals surface area contributed by atoms with Crippen molar-refractivity contribution in [2.24, 2.45) is 0 Å². The molecule has 0 atom stereocenters. The number of aryl methyl sites for hydroxylation is 1. The Bertz CT molecular complexity index is 735. The van der Waals surface area contributed by atoms with E-state index in [9.17, 15) is 26.3 Å². The van der Waals surface area contributed by atoms with Crippen LogP contribution in [0.2, 0.25) is 0 Å². The first-order valence-corrected chi connectivity index (χ1v) is 8.47. The Morgan fingerprint density at radius 1 is 0.926 bits per heavy atom. The van der Waals surface area contributed by atoms with Crippen molar-refractivity contribution in [2.75, 3.05) is 13.1 Å². The first kappa shape index (κ1) is 21.2. The van der Waals surface area contributed by atoms with E-state index in [1.807, 2.05) is 6.92 Å². The van der Waals surface area contributed by atoms with Crippen LogP contribution >= 0.6 is 0 Å². The third-order valence-corrected chi connectivity index (χ3v) is 3.93. The zero-order valence-electron chi connectivity index (χ0n) is 14.7. The average molecular weight is 390 g/mol. The molecule has 1 aromatic carbocycles. The molecule has 148 valence electrons. The van der Waals surface area contributed by atoms with Gasteiger partial charge in [-0.15, -0.1) is 0 Å². The maximum atomic E-state index is 13.1. The van der Waals surface area contributed by atoms with E-state index < -0.39 is 24.5 Å². The van der Waals surface area contributed by atoms with Gasteiger partial charge in [0.2, 0.25) is 0 Å². The quantitative estimate of drug-likeness (QED) is 0.495. The number of hydrogen-bond donors (Lipinski definition) is 1. The van der Waals surface area contributed by atoms with Gasteiger partial charge >= 0.3 is 12.4 Å². The van der Waals surface area contributed by atoms with E-state index in [4.69, 9.17) is 0 Å². The molecule has 27 heavy (non-hydrogen) atoms. The maximum absolute atomic E-state index is 13.1. The van der Waals surface area contributed by atoms with Crippen molar-refractivity contribution in [1.82, 2.24) is 10.3 Å². The average Bonchev–Trinajstić information content (AvgIpc) is 2.56. The Hall–Kier alpha value is -2.09. The standard InChI is InChI=1S/C19H20F6N2/c1-13-3-5-15(6-4-13)16-11-14(12-17(27-16)19(23,24)25)7-10-26-9-2-8-18(20,21)22/h3-6,11-12,26H,2,7-10H2,1H3. The van der Waals surface area contributed by atoms with Crippen LogP contribution in [-0.4, -0.2) is 24.2 Å². The third kappa shape index (κ3) is 7.21. The second-order valence-corrected chi connectivity index (χ2v) is 6.33. The summed E-state index contributed by atoms with van der Waals surface area (Å²) in [6.45, 7) is 2.31. The normalized spacial score (nSPS) is 12.4. The van der Waals surface area contributed by atoms with Gasteiger partial charge in [-0.3, -0.25) is 0 Å². The van der Waals surface area contributed by atoms with Crippen LogP contribution in [0.25, 0.3) is 11.3 Å². The van der Waals surface area contributed by atoms with Crippen LogP contribution in [0.4, 0.5) is 26.3 Å². The molecule has 0 spiro atoms. The van der Waals surface area contributed by atoms with Gasteiger partial charge in [0.15, 0.2) is 0 Å². The molecule has 0 radical (unpaired) electrons. The van der Waals surface area contributed by atoms with Gasteiger partial charge < -0.3 is 5.32 Å². The molecule has 8 heteroatoms. The van der Waals surface area contributed by atoms with E-state index in [1.165, 1.54) is 0 Å². The predicted octanol–water partition coefficient (Wildman–Crippen LogP) is 5.55. The maximum Gasteiger partial charge on any atom is 0.433 e. The number of benzene rings is 1. The van der Waals surface area contributed by atoms with Gasteiger partial charge in [-0.2, -0.15) is 26.3 Å². The van der Waals surface area contributed by atoms with Crippen LogP contribution in [0, 0.1) is 6.92 Å². The molecule has 0 aliphatic rings. The lowest BCUT2D eigenvalue weighted by Crippen LogP contribution is -2.21. The minimum Gasteiger partial charge on any atom is -0.316 e. The summed E-state index contributed by atoms with van der Waals surface area (Å²) in [5.74, 6) is 0. The minimum atomic E-state index is -4.57. The van der Waals surface area contributed by atoms with E-state index in [2.05, 4.69) is 10.3 Å². The largest absolute Gasteiger partial charge is 0.433 e. The molecule has 0 unspecified atom stereocenters. The van der Waals surface area contributed by atoms with Crippen molar-refractivity contribution in [1.29, 1.82) is 0 Å². The molecule has 0 bridgehead atoms. The molecule has 2 aromatic rings. The second kappa shape index (κ2) is 8.73. The number of halogens is 6. The Labute approximate surface area is 153 Å². The summed E-state index contributed by atoms with van der Waals surface area (Å²) in [4.78, 5) is 3.72. The van der Waals surface area contributed by atoms with Crippen molar-refractivity contribution in [3.8, 4) is 11.3 Å². The summed E-state index contributed by atoms with van der Waals surface area (Å²) >= 11 is 0. The number of aromatic nitrogens is 1. The van der Waals surface area contributed by atoms with Crippen LogP contribution in [0.1, 0.15) is 29.7 Å². The highest BCUT2D eigenvalue weighted by Crippen LogP contribution is 2.31. The van der Waals surface area contributed by atoms with Crippen LogP contribution in [0.3, 0.4) is 0 Å². The van der Waals surface area contributed by atoms with Gasteiger partial charge in [-0.25, -0.2) is 4.98 Å². The SMILES string of the molecule is Cc1ccc(-c2cc(CCNCCCC(F)(F)F)cc(C(F)(F)F)n2)cc1. The molecule has 0 saturated carbocycles. The van der Waals surface area contributed by atoms with Crippen LogP contribution < -0.4 is 5.32 Å². The topological polar surface area (TPSA) is 24.9 Å². The summed E-state index contributed by atoms with van der Waals surface area (Å²) < 4.78 is 75.7. The van der Waals surface area contributed by atoms with Gasteiger partial charge in [-0.1, -0.05) is 29.8 Å². The molecule has 0 fully saturated rings. The molecule has 0 aliphatic carbocycles. The Kier molecular flexibility index (Phi) is 6.86. The molecule has 0 aliphatic heterocycles. The number of nitrogens with zero attached hydrogens (tertiary/aromatic N) is 1. The van der Waals surface area contributed by atoms with Crippen molar-refractivity contribution in [3.63, 3.8) is 0 Å². The molecular formula is C19H20F6N2. The van der Waals surface area contributed by atoms with Crippen LogP contribution in [0.15, 0.2) is 36.4 Å². The highest BCUT2D eigenvalue weighted by Gasteiger charge is 2.33. The van der Waals surface area contributed by atoms with E-state index in [1.54, 1.807) is 30.3 Å². The fourth-order valence-corrected chi connectivity index (χ4v) is 2.52. The van der Waals surface area contributed by atoms with Crippen molar-refractivity contribution >= 4 is 0 Å². The predicted molar refractivity (Wildman–Crippen MR) is 91.3 cm³/mol. The van der Waals surface area contributed by atoms with Gasteiger partial charge in [0.1, 0.15) is 5.69 Å². The van der Waals surface area contributed by atoms with Crippen molar-refractivity contribution in [2.45, 2.75) is 38.5 Å². The van der Waals surface area contributed by atoms with E-state index >= 15 is 0 Å². The Morgan fingerprint density at radius 3 is 2.19 bits per heavy atom. The number of alkyl halides is 6. The van der Waals surface area contributed by atoms with Crippen LogP contribution in [0.5, 0.6) is 0 Å². The van der Waals surface area contributed by atoms with Crippen LogP contribution in [-0.2, 0) is 12.6 Å². The monoisotopic (exact) mass is 390 g/mol. The first-order chi connectivity index (χ1) is 12.5. The lowest BCUT2D eigenvalue weighted by Gasteiger charge is -2.12. The fraction of sp³-hybridized carbons (Fsp3) is 0.421. The molecule has 1 heterocycles. The van der Waals surface area contributed by atoms with Gasteiger partial charge in [0, 0.05) is 12.0 Å². The lowest BCUT2D eigenvalue weighted by molar-refractivity contribution is -0.141. The summed E-state index contributed by atoms with van der Waals surface area (Å²) in [6.07, 6.45) is -9.46. The first-order valence-electron chi connectivity index (χ1n) is 8.47. The zero-order chi connectivity index (χ0) is 20.1. The van der Waals surface area contributed by atoms with Crippen molar-refractivity contribution < 1.29 is 26.3 Å². The summed E-state index contributed by atoms with van der Waals surface area (Å²) in [5, 5.41) is 2.83. The summed E-state index contributed by atoms with van der Waals surface area (Å²) in [5.41, 5.74) is 1.22. The van der Waals surface area contributed by atoms with E-state index in [0.29, 0.717) is 11.1 Å². The third-order valence-electron chi connectivity index (χ3n) is 3.93. The molecule has 1 aromatic heterocycles. The smallest absolute Gasteiger partial charge is 0.316 e. The highest BCUT2D eigenvalue weighted by molar-refractivity contribution is 5.60. The molecule has 0 saturated heterocycles. The molecule has 1 N–H and O–H groups in total. The Morgan fingerprint density at radius 2 is 1.59 bits per heavy atom. The van der Waals surface area contributed by atoms with E-state index in [-0.39, 0.29) is 31.6 Å².